The van der Waals surface area contributed by atoms with Crippen LogP contribution in [-0.4, -0.2) is 18.1 Å². The number of fused-ring (bicyclic) bond motifs is 1. The molecule has 4 heteroatoms. The lowest BCUT2D eigenvalue weighted by Crippen LogP contribution is -2.17. The van der Waals surface area contributed by atoms with Crippen molar-refractivity contribution in [2.75, 3.05) is 23.7 Å². The molecule has 1 atom stereocenters. The van der Waals surface area contributed by atoms with Gasteiger partial charge in [0.25, 0.3) is 0 Å². The van der Waals surface area contributed by atoms with Crippen LogP contribution in [0.2, 0.25) is 5.02 Å². The summed E-state index contributed by atoms with van der Waals surface area (Å²) in [6, 6.07) is 0. The highest BCUT2D eigenvalue weighted by Gasteiger charge is 2.15. The molecule has 0 bridgehead atoms. The van der Waals surface area contributed by atoms with E-state index in [4.69, 9.17) is 11.6 Å². The summed E-state index contributed by atoms with van der Waals surface area (Å²) < 4.78 is 0. The Kier molecular flexibility index (Phi) is 2.77. The van der Waals surface area contributed by atoms with Crippen molar-refractivity contribution in [3.8, 4) is 0 Å². The van der Waals surface area contributed by atoms with Gasteiger partial charge in [0.1, 0.15) is 0 Å². The Bertz CT molecular complexity index is 327. The molecule has 1 aliphatic heterocycles. The Labute approximate surface area is 88.9 Å². The van der Waals surface area contributed by atoms with Gasteiger partial charge < -0.3 is 10.6 Å². The van der Waals surface area contributed by atoms with Crippen LogP contribution in [0, 0.1) is 5.92 Å². The molecular formula is C10H14ClN3. The molecule has 0 saturated heterocycles. The lowest BCUT2D eigenvalue weighted by Gasteiger charge is -2.10. The minimum Gasteiger partial charge on any atom is -0.382 e. The van der Waals surface area contributed by atoms with Gasteiger partial charge in [-0.3, -0.25) is 4.98 Å². The molecule has 2 heterocycles. The first-order valence-corrected chi connectivity index (χ1v) is 5.30. The number of hydrogen-bond acceptors (Lipinski definition) is 3. The van der Waals surface area contributed by atoms with E-state index >= 15 is 0 Å². The van der Waals surface area contributed by atoms with Gasteiger partial charge in [0.2, 0.25) is 0 Å². The molecule has 2 N–H and O–H groups in total. The van der Waals surface area contributed by atoms with Crippen LogP contribution in [0.5, 0.6) is 0 Å². The zero-order valence-electron chi connectivity index (χ0n) is 8.18. The van der Waals surface area contributed by atoms with E-state index in [9.17, 15) is 0 Å². The third-order valence-electron chi connectivity index (χ3n) is 2.63. The van der Waals surface area contributed by atoms with Crippen molar-refractivity contribution in [2.45, 2.75) is 13.3 Å². The molecule has 0 aromatic carbocycles. The van der Waals surface area contributed by atoms with Crippen molar-refractivity contribution in [1.29, 1.82) is 0 Å². The summed E-state index contributed by atoms with van der Waals surface area (Å²) in [5.74, 6) is 0.651. The van der Waals surface area contributed by atoms with Gasteiger partial charge in [-0.25, -0.2) is 0 Å². The monoisotopic (exact) mass is 211 g/mol. The molecular weight excluding hydrogens is 198 g/mol. The zero-order chi connectivity index (χ0) is 9.97. The number of rotatable bonds is 1. The summed E-state index contributed by atoms with van der Waals surface area (Å²) in [7, 11) is 0. The van der Waals surface area contributed by atoms with Gasteiger partial charge in [-0.2, -0.15) is 0 Å². The topological polar surface area (TPSA) is 37.0 Å². The fourth-order valence-corrected chi connectivity index (χ4v) is 1.84. The molecule has 0 aliphatic carbocycles. The molecule has 14 heavy (non-hydrogen) atoms. The molecule has 0 radical (unpaired) electrons. The van der Waals surface area contributed by atoms with E-state index in [1.165, 1.54) is 6.42 Å². The third kappa shape index (κ3) is 1.77. The first-order chi connectivity index (χ1) is 6.81. The number of halogens is 1. The van der Waals surface area contributed by atoms with Gasteiger partial charge in [0, 0.05) is 19.3 Å². The third-order valence-corrected chi connectivity index (χ3v) is 2.91. The molecule has 0 amide bonds. The lowest BCUT2D eigenvalue weighted by atomic mass is 10.1. The van der Waals surface area contributed by atoms with Gasteiger partial charge in [-0.15, -0.1) is 0 Å². The smallest absolute Gasteiger partial charge is 0.0841 e. The van der Waals surface area contributed by atoms with Crippen LogP contribution >= 0.6 is 11.6 Å². The summed E-state index contributed by atoms with van der Waals surface area (Å²) in [6.07, 6.45) is 4.65. The van der Waals surface area contributed by atoms with Gasteiger partial charge in [0.05, 0.1) is 22.6 Å². The van der Waals surface area contributed by atoms with E-state index in [-0.39, 0.29) is 0 Å². The summed E-state index contributed by atoms with van der Waals surface area (Å²) in [6.45, 7) is 4.16. The molecule has 76 valence electrons. The molecule has 3 nitrogen and oxygen atoms in total. The summed E-state index contributed by atoms with van der Waals surface area (Å²) in [4.78, 5) is 4.06. The van der Waals surface area contributed by atoms with E-state index < -0.39 is 0 Å². The minimum atomic E-state index is 0.651. The fraction of sp³-hybridized carbons (Fsp3) is 0.500. The molecule has 1 unspecified atom stereocenters. The van der Waals surface area contributed by atoms with Gasteiger partial charge in [-0.05, 0) is 12.3 Å². The first kappa shape index (κ1) is 9.59. The van der Waals surface area contributed by atoms with E-state index in [0.717, 1.165) is 24.5 Å². The number of pyridine rings is 1. The van der Waals surface area contributed by atoms with Crippen molar-refractivity contribution >= 4 is 23.0 Å². The maximum atomic E-state index is 6.04. The van der Waals surface area contributed by atoms with Crippen molar-refractivity contribution in [3.05, 3.63) is 17.4 Å². The zero-order valence-corrected chi connectivity index (χ0v) is 8.93. The predicted molar refractivity (Wildman–Crippen MR) is 60.0 cm³/mol. The van der Waals surface area contributed by atoms with E-state index in [1.807, 2.05) is 6.20 Å². The number of anilines is 2. The molecule has 1 aromatic rings. The highest BCUT2D eigenvalue weighted by atomic mass is 35.5. The van der Waals surface area contributed by atoms with Gasteiger partial charge >= 0.3 is 0 Å². The number of nitrogens with zero attached hydrogens (tertiary/aromatic N) is 1. The largest absolute Gasteiger partial charge is 0.382 e. The molecule has 1 aliphatic rings. The Morgan fingerprint density at radius 2 is 2.21 bits per heavy atom. The Morgan fingerprint density at radius 1 is 1.43 bits per heavy atom. The van der Waals surface area contributed by atoms with Gasteiger partial charge in [0.15, 0.2) is 0 Å². The molecule has 1 aromatic heterocycles. The van der Waals surface area contributed by atoms with Crippen LogP contribution in [0.1, 0.15) is 13.3 Å². The normalized spacial score (nSPS) is 20.3. The van der Waals surface area contributed by atoms with Crippen LogP contribution in [0.25, 0.3) is 0 Å². The Morgan fingerprint density at radius 3 is 3.00 bits per heavy atom. The second-order valence-corrected chi connectivity index (χ2v) is 3.99. The quantitative estimate of drug-likeness (QED) is 0.750. The van der Waals surface area contributed by atoms with Crippen molar-refractivity contribution in [3.63, 3.8) is 0 Å². The van der Waals surface area contributed by atoms with Gasteiger partial charge in [-0.1, -0.05) is 18.5 Å². The average Bonchev–Trinajstić information content (AvgIpc) is 2.41. The van der Waals surface area contributed by atoms with E-state index in [1.54, 1.807) is 6.20 Å². The average molecular weight is 212 g/mol. The minimum absolute atomic E-state index is 0.651. The summed E-state index contributed by atoms with van der Waals surface area (Å²) >= 11 is 6.04. The summed E-state index contributed by atoms with van der Waals surface area (Å²) in [5.41, 5.74) is 1.99. The van der Waals surface area contributed by atoms with Crippen LogP contribution < -0.4 is 10.6 Å². The first-order valence-electron chi connectivity index (χ1n) is 4.92. The summed E-state index contributed by atoms with van der Waals surface area (Å²) in [5, 5.41) is 7.40. The number of nitrogens with one attached hydrogen (secondary N) is 2. The van der Waals surface area contributed by atoms with E-state index in [2.05, 4.69) is 22.5 Å². The highest BCUT2D eigenvalue weighted by Crippen LogP contribution is 2.31. The Balaban J connectivity index is 2.25. The lowest BCUT2D eigenvalue weighted by molar-refractivity contribution is 0.570. The molecule has 0 saturated carbocycles. The molecule has 0 fully saturated rings. The predicted octanol–water partition coefficient (Wildman–Crippen LogP) is 2.60. The fourth-order valence-electron chi connectivity index (χ4n) is 1.61. The SMILES string of the molecule is CCC1CNc2cncc(Cl)c2NC1. The second kappa shape index (κ2) is 4.05. The molecule has 0 spiro atoms. The van der Waals surface area contributed by atoms with Crippen molar-refractivity contribution in [1.82, 2.24) is 4.98 Å². The van der Waals surface area contributed by atoms with Crippen molar-refractivity contribution < 1.29 is 0 Å². The van der Waals surface area contributed by atoms with Crippen molar-refractivity contribution in [2.24, 2.45) is 5.92 Å². The highest BCUT2D eigenvalue weighted by molar-refractivity contribution is 6.33. The Hall–Kier alpha value is -0.960. The van der Waals surface area contributed by atoms with E-state index in [0.29, 0.717) is 10.9 Å². The van der Waals surface area contributed by atoms with Crippen LogP contribution in [-0.2, 0) is 0 Å². The number of aromatic nitrogens is 1. The van der Waals surface area contributed by atoms with Crippen LogP contribution in [0.4, 0.5) is 11.4 Å². The maximum absolute atomic E-state index is 6.04. The van der Waals surface area contributed by atoms with Crippen LogP contribution in [0.15, 0.2) is 12.4 Å². The standard InChI is InChI=1S/C10H14ClN3/c1-2-7-3-13-9-6-12-5-8(11)10(9)14-4-7/h5-7,13-14H,2-4H2,1H3. The maximum Gasteiger partial charge on any atom is 0.0841 e. The van der Waals surface area contributed by atoms with Crippen LogP contribution in [0.3, 0.4) is 0 Å². The second-order valence-electron chi connectivity index (χ2n) is 3.58. The molecule has 2 rings (SSSR count). The number of hydrogen-bond donors (Lipinski definition) is 2.